The summed E-state index contributed by atoms with van der Waals surface area (Å²) in [5.74, 6) is 0.647. The number of fused-ring (bicyclic) bond motifs is 2. The first-order valence-electron chi connectivity index (χ1n) is 12.3. The zero-order chi connectivity index (χ0) is 24.2. The molecule has 182 valence electrons. The Bertz CT molecular complexity index is 1300. The Morgan fingerprint density at radius 1 is 1.31 bits per heavy atom. The van der Waals surface area contributed by atoms with Crippen molar-refractivity contribution in [1.82, 2.24) is 20.2 Å². The number of aromatic amines is 1. The number of pyridine rings is 1. The molecule has 7 nitrogen and oxygen atoms in total. The third-order valence-corrected chi connectivity index (χ3v) is 8.29. The SMILES string of the molecule is Cc1c(Cl)cccc1Nc1c(-c2ccncc2OC[C@@H]2CCCN2C)[nH]c2c1C(=O)NCC21CC1. The van der Waals surface area contributed by atoms with Crippen LogP contribution < -0.4 is 15.4 Å². The van der Waals surface area contributed by atoms with Crippen molar-refractivity contribution < 1.29 is 9.53 Å². The van der Waals surface area contributed by atoms with E-state index in [2.05, 4.69) is 32.5 Å². The first-order chi connectivity index (χ1) is 17.0. The predicted octanol–water partition coefficient (Wildman–Crippen LogP) is 5.03. The predicted molar refractivity (Wildman–Crippen MR) is 138 cm³/mol. The van der Waals surface area contributed by atoms with Crippen molar-refractivity contribution in [2.24, 2.45) is 0 Å². The Labute approximate surface area is 210 Å². The molecule has 2 fully saturated rings. The summed E-state index contributed by atoms with van der Waals surface area (Å²) in [5, 5.41) is 7.35. The van der Waals surface area contributed by atoms with E-state index >= 15 is 0 Å². The van der Waals surface area contributed by atoms with Gasteiger partial charge in [-0.2, -0.15) is 0 Å². The average molecular weight is 492 g/mol. The van der Waals surface area contributed by atoms with Crippen LogP contribution in [0.3, 0.4) is 0 Å². The number of benzene rings is 1. The Morgan fingerprint density at radius 3 is 2.94 bits per heavy atom. The number of anilines is 2. The molecule has 35 heavy (non-hydrogen) atoms. The van der Waals surface area contributed by atoms with E-state index in [0.717, 1.165) is 59.7 Å². The lowest BCUT2D eigenvalue weighted by Crippen LogP contribution is -2.39. The number of hydrogen-bond acceptors (Lipinski definition) is 5. The number of nitrogens with one attached hydrogen (secondary N) is 3. The molecule has 3 aromatic rings. The van der Waals surface area contributed by atoms with Gasteiger partial charge in [0, 0.05) is 46.2 Å². The number of likely N-dealkylation sites (tertiary alicyclic amines) is 1. The molecule has 1 saturated carbocycles. The molecule has 2 aliphatic heterocycles. The summed E-state index contributed by atoms with van der Waals surface area (Å²) in [6.07, 6.45) is 7.98. The number of likely N-dealkylation sites (N-methyl/N-ethyl adjacent to an activating group) is 1. The molecule has 4 heterocycles. The third kappa shape index (κ3) is 3.87. The summed E-state index contributed by atoms with van der Waals surface area (Å²) >= 11 is 6.42. The number of aromatic nitrogens is 2. The van der Waals surface area contributed by atoms with E-state index in [9.17, 15) is 4.79 Å². The minimum absolute atomic E-state index is 0.0120. The highest BCUT2D eigenvalue weighted by molar-refractivity contribution is 6.31. The highest BCUT2D eigenvalue weighted by Gasteiger charge is 2.51. The first-order valence-corrected chi connectivity index (χ1v) is 12.7. The number of carbonyl (C=O) groups is 1. The lowest BCUT2D eigenvalue weighted by Gasteiger charge is -2.23. The fraction of sp³-hybridized carbons (Fsp3) is 0.407. The number of rotatable bonds is 6. The molecule has 2 aromatic heterocycles. The number of halogens is 1. The fourth-order valence-corrected chi connectivity index (χ4v) is 5.59. The molecular weight excluding hydrogens is 462 g/mol. The first kappa shape index (κ1) is 22.4. The highest BCUT2D eigenvalue weighted by Crippen LogP contribution is 2.54. The Kier molecular flexibility index (Phi) is 5.49. The average Bonchev–Trinajstić information content (AvgIpc) is 3.36. The van der Waals surface area contributed by atoms with Gasteiger partial charge in [-0.3, -0.25) is 9.78 Å². The van der Waals surface area contributed by atoms with Crippen LogP contribution in [0.15, 0.2) is 36.7 Å². The number of carbonyl (C=O) groups excluding carboxylic acids is 1. The van der Waals surface area contributed by atoms with Crippen molar-refractivity contribution in [2.75, 3.05) is 32.1 Å². The molecule has 0 bridgehead atoms. The second kappa shape index (κ2) is 8.57. The molecule has 1 atom stereocenters. The summed E-state index contributed by atoms with van der Waals surface area (Å²) in [6, 6.07) is 8.12. The van der Waals surface area contributed by atoms with Crippen LogP contribution in [-0.2, 0) is 5.41 Å². The highest BCUT2D eigenvalue weighted by atomic mass is 35.5. The quantitative estimate of drug-likeness (QED) is 0.450. The molecule has 6 rings (SSSR count). The molecular formula is C27H30ClN5O2. The van der Waals surface area contributed by atoms with E-state index in [0.29, 0.717) is 35.5 Å². The molecule has 0 radical (unpaired) electrons. The van der Waals surface area contributed by atoms with Crippen molar-refractivity contribution in [2.45, 2.75) is 44.1 Å². The maximum Gasteiger partial charge on any atom is 0.255 e. The van der Waals surface area contributed by atoms with Crippen molar-refractivity contribution in [3.8, 4) is 17.0 Å². The monoisotopic (exact) mass is 491 g/mol. The molecule has 3 N–H and O–H groups in total. The van der Waals surface area contributed by atoms with E-state index < -0.39 is 0 Å². The maximum atomic E-state index is 13.2. The largest absolute Gasteiger partial charge is 0.490 e. The van der Waals surface area contributed by atoms with Gasteiger partial charge < -0.3 is 25.3 Å². The third-order valence-electron chi connectivity index (χ3n) is 7.88. The number of amides is 1. The van der Waals surface area contributed by atoms with Crippen molar-refractivity contribution in [3.05, 3.63) is 58.5 Å². The van der Waals surface area contributed by atoms with Gasteiger partial charge in [0.05, 0.1) is 23.1 Å². The Balaban J connectivity index is 1.45. The molecule has 0 unspecified atom stereocenters. The van der Waals surface area contributed by atoms with E-state index in [4.69, 9.17) is 16.3 Å². The van der Waals surface area contributed by atoms with E-state index in [1.165, 1.54) is 6.42 Å². The van der Waals surface area contributed by atoms with Gasteiger partial charge in [-0.25, -0.2) is 0 Å². The smallest absolute Gasteiger partial charge is 0.255 e. The minimum atomic E-state index is -0.0636. The van der Waals surface area contributed by atoms with Crippen molar-refractivity contribution in [1.29, 1.82) is 0 Å². The number of nitrogens with zero attached hydrogens (tertiary/aromatic N) is 2. The van der Waals surface area contributed by atoms with Crippen LogP contribution in [0.5, 0.6) is 5.75 Å². The molecule has 1 saturated heterocycles. The van der Waals surface area contributed by atoms with Crippen LogP contribution in [0.2, 0.25) is 5.02 Å². The van der Waals surface area contributed by atoms with Gasteiger partial charge in [-0.05, 0) is 70.0 Å². The van der Waals surface area contributed by atoms with Crippen LogP contribution in [0.1, 0.15) is 47.3 Å². The fourth-order valence-electron chi connectivity index (χ4n) is 5.41. The number of ether oxygens (including phenoxy) is 1. The molecule has 1 spiro atoms. The summed E-state index contributed by atoms with van der Waals surface area (Å²) in [6.45, 7) is 4.35. The van der Waals surface area contributed by atoms with Gasteiger partial charge >= 0.3 is 0 Å². The van der Waals surface area contributed by atoms with Gasteiger partial charge in [-0.1, -0.05) is 17.7 Å². The van der Waals surface area contributed by atoms with Crippen LogP contribution in [0.25, 0.3) is 11.3 Å². The van der Waals surface area contributed by atoms with E-state index in [1.807, 2.05) is 31.2 Å². The lowest BCUT2D eigenvalue weighted by molar-refractivity contribution is 0.0938. The lowest BCUT2D eigenvalue weighted by atomic mass is 9.93. The summed E-state index contributed by atoms with van der Waals surface area (Å²) < 4.78 is 6.35. The van der Waals surface area contributed by atoms with Crippen LogP contribution in [-0.4, -0.2) is 53.6 Å². The normalized spacial score (nSPS) is 20.5. The molecule has 1 aliphatic carbocycles. The van der Waals surface area contributed by atoms with Crippen LogP contribution in [0.4, 0.5) is 11.4 Å². The van der Waals surface area contributed by atoms with Gasteiger partial charge in [0.2, 0.25) is 0 Å². The van der Waals surface area contributed by atoms with Gasteiger partial charge in [0.1, 0.15) is 12.4 Å². The maximum absolute atomic E-state index is 13.2. The van der Waals surface area contributed by atoms with Gasteiger partial charge in [-0.15, -0.1) is 0 Å². The van der Waals surface area contributed by atoms with Gasteiger partial charge in [0.25, 0.3) is 5.91 Å². The van der Waals surface area contributed by atoms with Crippen molar-refractivity contribution >= 4 is 28.9 Å². The number of H-pyrrole nitrogens is 1. The van der Waals surface area contributed by atoms with Crippen LogP contribution in [0, 0.1) is 6.92 Å². The zero-order valence-electron chi connectivity index (χ0n) is 20.1. The Morgan fingerprint density at radius 2 is 2.17 bits per heavy atom. The molecule has 1 amide bonds. The van der Waals surface area contributed by atoms with Gasteiger partial charge in [0.15, 0.2) is 0 Å². The number of hydrogen-bond donors (Lipinski definition) is 3. The zero-order valence-corrected chi connectivity index (χ0v) is 20.8. The topological polar surface area (TPSA) is 82.3 Å². The van der Waals surface area contributed by atoms with E-state index in [1.54, 1.807) is 12.4 Å². The Hall–Kier alpha value is -3.03. The minimum Gasteiger partial charge on any atom is -0.490 e. The summed E-state index contributed by atoms with van der Waals surface area (Å²) in [7, 11) is 2.15. The van der Waals surface area contributed by atoms with Crippen LogP contribution >= 0.6 is 11.6 Å². The molecule has 3 aliphatic rings. The van der Waals surface area contributed by atoms with E-state index in [-0.39, 0.29) is 11.3 Å². The second-order valence-electron chi connectivity index (χ2n) is 10.1. The summed E-state index contributed by atoms with van der Waals surface area (Å²) in [5.41, 5.74) is 5.97. The standard InChI is InChI=1S/C27H30ClN5O2/c1-16-19(28)6-3-7-20(16)31-24-22-25(27(9-10-27)15-30-26(22)34)32-23(24)18-8-11-29-13-21(18)35-14-17-5-4-12-33(17)2/h3,6-8,11,13,17,31-32H,4-5,9-10,12,14-15H2,1-2H3,(H,30,34)/t17-/m0/s1. The molecule has 8 heteroatoms. The second-order valence-corrected chi connectivity index (χ2v) is 10.5. The summed E-state index contributed by atoms with van der Waals surface area (Å²) in [4.78, 5) is 23.5. The van der Waals surface area contributed by atoms with Crippen molar-refractivity contribution in [3.63, 3.8) is 0 Å². The molecule has 1 aromatic carbocycles.